The van der Waals surface area contributed by atoms with E-state index in [0.29, 0.717) is 0 Å². The van der Waals surface area contributed by atoms with Crippen LogP contribution in [-0.2, 0) is 0 Å². The van der Waals surface area contributed by atoms with Gasteiger partial charge in [-0.05, 0) is 59.7 Å². The van der Waals surface area contributed by atoms with Gasteiger partial charge in [0.15, 0.2) is 0 Å². The van der Waals surface area contributed by atoms with Crippen molar-refractivity contribution in [2.75, 3.05) is 5.32 Å². The predicted molar refractivity (Wildman–Crippen MR) is 80.2 cm³/mol. The van der Waals surface area contributed by atoms with Gasteiger partial charge in [0.25, 0.3) is 0 Å². The number of anilines is 1. The minimum absolute atomic E-state index is 0.192. The van der Waals surface area contributed by atoms with Crippen molar-refractivity contribution >= 4 is 5.69 Å². The van der Waals surface area contributed by atoms with E-state index in [2.05, 4.69) is 44.9 Å². The Morgan fingerprint density at radius 3 is 2.81 bits per heavy atom. The van der Waals surface area contributed by atoms with Crippen molar-refractivity contribution in [3.63, 3.8) is 0 Å². The smallest absolute Gasteiger partial charge is 0.143 e. The Hall–Kier alpha value is -2.76. The van der Waals surface area contributed by atoms with Crippen LogP contribution in [0.15, 0.2) is 49.1 Å². The first kappa shape index (κ1) is 13.2. The number of pyridine rings is 1. The van der Waals surface area contributed by atoms with E-state index in [4.69, 9.17) is 0 Å². The summed E-state index contributed by atoms with van der Waals surface area (Å²) in [5.41, 5.74) is 4.28. The molecule has 0 amide bonds. The topological polar surface area (TPSA) is 68.5 Å². The molecular formula is C15H16N6. The Morgan fingerprint density at radius 2 is 2.14 bits per heavy atom. The largest absolute Gasteiger partial charge is 0.378 e. The second-order valence-corrected chi connectivity index (χ2v) is 4.91. The summed E-state index contributed by atoms with van der Waals surface area (Å²) in [4.78, 5) is 4.15. The highest BCUT2D eigenvalue weighted by molar-refractivity contribution is 5.54. The monoisotopic (exact) mass is 280 g/mol. The third-order valence-corrected chi connectivity index (χ3v) is 3.36. The number of rotatable bonds is 4. The van der Waals surface area contributed by atoms with E-state index in [-0.39, 0.29) is 6.04 Å². The molecule has 1 N–H and O–H groups in total. The zero-order valence-corrected chi connectivity index (χ0v) is 11.9. The van der Waals surface area contributed by atoms with E-state index in [1.54, 1.807) is 17.2 Å². The quantitative estimate of drug-likeness (QED) is 0.795. The fourth-order valence-electron chi connectivity index (χ4n) is 2.24. The second-order valence-electron chi connectivity index (χ2n) is 4.91. The molecule has 1 aromatic carbocycles. The highest BCUT2D eigenvalue weighted by Crippen LogP contribution is 2.22. The van der Waals surface area contributed by atoms with Crippen LogP contribution >= 0.6 is 0 Å². The lowest BCUT2D eigenvalue weighted by Crippen LogP contribution is -2.07. The zero-order chi connectivity index (χ0) is 14.7. The number of nitrogens with one attached hydrogen (secondary N) is 1. The maximum absolute atomic E-state index is 4.15. The fourth-order valence-corrected chi connectivity index (χ4v) is 2.24. The number of nitrogens with zero attached hydrogens (tertiary/aromatic N) is 5. The Kier molecular flexibility index (Phi) is 3.59. The lowest BCUT2D eigenvalue weighted by molar-refractivity contribution is 0.785. The summed E-state index contributed by atoms with van der Waals surface area (Å²) in [7, 11) is 0. The molecule has 3 aromatic rings. The summed E-state index contributed by atoms with van der Waals surface area (Å²) in [6.07, 6.45) is 5.25. The van der Waals surface area contributed by atoms with Crippen LogP contribution in [0, 0.1) is 6.92 Å². The number of aromatic nitrogens is 5. The highest BCUT2D eigenvalue weighted by Gasteiger charge is 2.07. The molecule has 3 rings (SSSR count). The number of hydrogen-bond donors (Lipinski definition) is 1. The van der Waals surface area contributed by atoms with Gasteiger partial charge in [-0.3, -0.25) is 4.98 Å². The zero-order valence-electron chi connectivity index (χ0n) is 11.9. The molecule has 0 saturated heterocycles. The first-order valence-corrected chi connectivity index (χ1v) is 6.74. The maximum Gasteiger partial charge on any atom is 0.143 e. The Balaban J connectivity index is 1.80. The van der Waals surface area contributed by atoms with Crippen LogP contribution in [0.2, 0.25) is 0 Å². The average molecular weight is 280 g/mol. The summed E-state index contributed by atoms with van der Waals surface area (Å²) < 4.78 is 1.66. The van der Waals surface area contributed by atoms with E-state index in [1.165, 1.54) is 0 Å². The molecule has 0 aliphatic carbocycles. The highest BCUT2D eigenvalue weighted by atomic mass is 15.5. The van der Waals surface area contributed by atoms with Crippen LogP contribution in [0.25, 0.3) is 5.69 Å². The normalized spacial score (nSPS) is 12.1. The van der Waals surface area contributed by atoms with Crippen molar-refractivity contribution in [2.24, 2.45) is 0 Å². The SMILES string of the molecule is Cc1cc(NC(C)c2cccnc2)ccc1-n1cnnn1. The Labute approximate surface area is 122 Å². The van der Waals surface area contributed by atoms with E-state index in [1.807, 2.05) is 31.3 Å². The van der Waals surface area contributed by atoms with Crippen molar-refractivity contribution in [1.29, 1.82) is 0 Å². The summed E-state index contributed by atoms with van der Waals surface area (Å²) in [6, 6.07) is 10.3. The third kappa shape index (κ3) is 2.89. The molecule has 1 atom stereocenters. The van der Waals surface area contributed by atoms with Gasteiger partial charge in [0.1, 0.15) is 6.33 Å². The van der Waals surface area contributed by atoms with Gasteiger partial charge in [0.05, 0.1) is 11.7 Å². The first-order chi connectivity index (χ1) is 10.2. The van der Waals surface area contributed by atoms with Crippen molar-refractivity contribution in [3.8, 4) is 5.69 Å². The van der Waals surface area contributed by atoms with Gasteiger partial charge in [-0.1, -0.05) is 6.07 Å². The molecule has 2 aromatic heterocycles. The Bertz CT molecular complexity index is 708. The molecule has 6 heteroatoms. The molecule has 0 aliphatic heterocycles. The van der Waals surface area contributed by atoms with E-state index in [9.17, 15) is 0 Å². The van der Waals surface area contributed by atoms with Gasteiger partial charge in [0.2, 0.25) is 0 Å². The summed E-state index contributed by atoms with van der Waals surface area (Å²) in [5, 5.41) is 14.7. The lowest BCUT2D eigenvalue weighted by atomic mass is 10.1. The minimum atomic E-state index is 0.192. The van der Waals surface area contributed by atoms with Crippen LogP contribution in [0.5, 0.6) is 0 Å². The van der Waals surface area contributed by atoms with E-state index in [0.717, 1.165) is 22.5 Å². The van der Waals surface area contributed by atoms with Gasteiger partial charge in [-0.2, -0.15) is 0 Å². The van der Waals surface area contributed by atoms with Gasteiger partial charge in [-0.15, -0.1) is 5.10 Å². The van der Waals surface area contributed by atoms with Crippen molar-refractivity contribution in [2.45, 2.75) is 19.9 Å². The molecule has 6 nitrogen and oxygen atoms in total. The molecule has 0 fully saturated rings. The summed E-state index contributed by atoms with van der Waals surface area (Å²) in [6.45, 7) is 4.15. The van der Waals surface area contributed by atoms with Gasteiger partial charge in [-0.25, -0.2) is 4.68 Å². The number of hydrogen-bond acceptors (Lipinski definition) is 5. The van der Waals surface area contributed by atoms with E-state index < -0.39 is 0 Å². The summed E-state index contributed by atoms with van der Waals surface area (Å²) >= 11 is 0. The molecule has 21 heavy (non-hydrogen) atoms. The molecule has 2 heterocycles. The molecule has 0 saturated carbocycles. The minimum Gasteiger partial charge on any atom is -0.378 e. The molecule has 106 valence electrons. The van der Waals surface area contributed by atoms with Gasteiger partial charge >= 0.3 is 0 Å². The number of tetrazole rings is 1. The van der Waals surface area contributed by atoms with Crippen molar-refractivity contribution < 1.29 is 0 Å². The van der Waals surface area contributed by atoms with E-state index >= 15 is 0 Å². The molecule has 0 radical (unpaired) electrons. The predicted octanol–water partition coefficient (Wildman–Crippen LogP) is 2.54. The number of benzene rings is 1. The van der Waals surface area contributed by atoms with Crippen LogP contribution in [0.4, 0.5) is 5.69 Å². The maximum atomic E-state index is 4.15. The van der Waals surface area contributed by atoms with Crippen molar-refractivity contribution in [1.82, 2.24) is 25.2 Å². The van der Waals surface area contributed by atoms with Gasteiger partial charge in [0, 0.05) is 18.1 Å². The molecule has 1 unspecified atom stereocenters. The number of aryl methyl sites for hydroxylation is 1. The molecule has 0 aliphatic rings. The van der Waals surface area contributed by atoms with Crippen molar-refractivity contribution in [3.05, 3.63) is 60.2 Å². The molecular weight excluding hydrogens is 264 g/mol. The third-order valence-electron chi connectivity index (χ3n) is 3.36. The Morgan fingerprint density at radius 1 is 1.24 bits per heavy atom. The summed E-state index contributed by atoms with van der Waals surface area (Å²) in [5.74, 6) is 0. The van der Waals surface area contributed by atoms with Crippen LogP contribution < -0.4 is 5.32 Å². The van der Waals surface area contributed by atoms with Crippen LogP contribution in [0.1, 0.15) is 24.1 Å². The van der Waals surface area contributed by atoms with Crippen LogP contribution in [0.3, 0.4) is 0 Å². The standard InChI is InChI=1S/C15H16N6/c1-11-8-14(5-6-15(11)21-10-17-19-20-21)18-12(2)13-4-3-7-16-9-13/h3-10,12,18H,1-2H3. The van der Waals surface area contributed by atoms with Gasteiger partial charge < -0.3 is 5.32 Å². The fraction of sp³-hybridized carbons (Fsp3) is 0.200. The average Bonchev–Trinajstić information content (AvgIpc) is 3.02. The molecule has 0 bridgehead atoms. The van der Waals surface area contributed by atoms with Crippen LogP contribution in [-0.4, -0.2) is 25.2 Å². The molecule has 0 spiro atoms. The lowest BCUT2D eigenvalue weighted by Gasteiger charge is -2.16. The second kappa shape index (κ2) is 5.70. The first-order valence-electron chi connectivity index (χ1n) is 6.74.